The third-order valence-electron chi connectivity index (χ3n) is 4.31. The number of aromatic nitrogens is 1. The van der Waals surface area contributed by atoms with Gasteiger partial charge in [0.2, 0.25) is 0 Å². The second kappa shape index (κ2) is 5.10. The first-order chi connectivity index (χ1) is 8.87. The molecule has 4 heteroatoms. The van der Waals surface area contributed by atoms with Crippen LogP contribution in [0.5, 0.6) is 5.75 Å². The van der Waals surface area contributed by atoms with Crippen molar-refractivity contribution in [2.24, 2.45) is 11.7 Å². The maximum absolute atomic E-state index is 6.32. The molecule has 0 spiro atoms. The van der Waals surface area contributed by atoms with Crippen LogP contribution in [-0.4, -0.2) is 35.6 Å². The van der Waals surface area contributed by atoms with E-state index >= 15 is 0 Å². The molecule has 0 aliphatic carbocycles. The second-order valence-corrected chi connectivity index (χ2v) is 6.08. The van der Waals surface area contributed by atoms with Gasteiger partial charge in [-0.2, -0.15) is 0 Å². The molecule has 0 atom stereocenters. The molecule has 2 heterocycles. The van der Waals surface area contributed by atoms with Crippen LogP contribution in [0.1, 0.15) is 30.7 Å². The fraction of sp³-hybridized carbons (Fsp3) is 0.667. The summed E-state index contributed by atoms with van der Waals surface area (Å²) in [5, 5.41) is 0. The van der Waals surface area contributed by atoms with Crippen LogP contribution in [-0.2, 0) is 6.54 Å². The highest BCUT2D eigenvalue weighted by Crippen LogP contribution is 2.30. The second-order valence-electron chi connectivity index (χ2n) is 6.08. The van der Waals surface area contributed by atoms with Gasteiger partial charge in [0.25, 0.3) is 0 Å². The first-order valence-electron chi connectivity index (χ1n) is 6.87. The lowest BCUT2D eigenvalue weighted by Crippen LogP contribution is -2.69. The molecule has 106 valence electrons. The van der Waals surface area contributed by atoms with Crippen molar-refractivity contribution in [3.63, 3.8) is 0 Å². The van der Waals surface area contributed by atoms with Gasteiger partial charge in [0.05, 0.1) is 12.8 Å². The predicted octanol–water partition coefficient (Wildman–Crippen LogP) is 1.88. The smallest absolute Gasteiger partial charge is 0.128 e. The number of ether oxygens (including phenoxy) is 1. The van der Waals surface area contributed by atoms with Crippen LogP contribution in [0.15, 0.2) is 6.20 Å². The van der Waals surface area contributed by atoms with E-state index in [0.717, 1.165) is 42.2 Å². The summed E-state index contributed by atoms with van der Waals surface area (Å²) in [5.41, 5.74) is 9.61. The Morgan fingerprint density at radius 3 is 2.58 bits per heavy atom. The van der Waals surface area contributed by atoms with Crippen molar-refractivity contribution in [2.45, 2.75) is 39.8 Å². The van der Waals surface area contributed by atoms with Crippen molar-refractivity contribution < 1.29 is 4.74 Å². The van der Waals surface area contributed by atoms with Crippen LogP contribution >= 0.6 is 0 Å². The molecule has 1 aromatic rings. The Balaban J connectivity index is 2.06. The molecule has 1 aromatic heterocycles. The first-order valence-corrected chi connectivity index (χ1v) is 6.87. The van der Waals surface area contributed by atoms with Gasteiger partial charge in [-0.3, -0.25) is 9.88 Å². The average Bonchev–Trinajstić information content (AvgIpc) is 2.30. The third kappa shape index (κ3) is 2.60. The maximum Gasteiger partial charge on any atom is 0.128 e. The Bertz CT molecular complexity index is 465. The minimum atomic E-state index is -0.0251. The standard InChI is InChI=1S/C15H25N3O/c1-10(2)15(16)8-18(9-15)7-13-12(4)14(19-5)11(3)6-17-13/h6,10H,7-9,16H2,1-5H3. The van der Waals surface area contributed by atoms with E-state index in [1.54, 1.807) is 7.11 Å². The maximum atomic E-state index is 6.32. The zero-order chi connectivity index (χ0) is 14.2. The summed E-state index contributed by atoms with van der Waals surface area (Å²) in [5.74, 6) is 1.47. The molecule has 0 saturated carbocycles. The van der Waals surface area contributed by atoms with E-state index in [4.69, 9.17) is 10.5 Å². The van der Waals surface area contributed by atoms with Crippen LogP contribution < -0.4 is 10.5 Å². The Hall–Kier alpha value is -1.13. The quantitative estimate of drug-likeness (QED) is 0.901. The lowest BCUT2D eigenvalue weighted by Gasteiger charge is -2.50. The molecule has 0 unspecified atom stereocenters. The largest absolute Gasteiger partial charge is 0.496 e. The molecule has 2 rings (SSSR count). The molecule has 4 nitrogen and oxygen atoms in total. The van der Waals surface area contributed by atoms with Gasteiger partial charge in [-0.1, -0.05) is 13.8 Å². The number of rotatable bonds is 4. The summed E-state index contributed by atoms with van der Waals surface area (Å²) in [6.07, 6.45) is 1.89. The molecule has 1 fully saturated rings. The normalized spacial score (nSPS) is 18.5. The van der Waals surface area contributed by atoms with Crippen LogP contribution in [0.4, 0.5) is 0 Å². The summed E-state index contributed by atoms with van der Waals surface area (Å²) >= 11 is 0. The first kappa shape index (κ1) is 14.3. The molecule has 0 bridgehead atoms. The predicted molar refractivity (Wildman–Crippen MR) is 77.3 cm³/mol. The number of hydrogen-bond donors (Lipinski definition) is 1. The SMILES string of the molecule is COc1c(C)cnc(CN2CC(N)(C(C)C)C2)c1C. The van der Waals surface area contributed by atoms with E-state index in [9.17, 15) is 0 Å². The van der Waals surface area contributed by atoms with Crippen LogP contribution in [0.2, 0.25) is 0 Å². The zero-order valence-corrected chi connectivity index (χ0v) is 12.7. The number of aryl methyl sites for hydroxylation is 1. The van der Waals surface area contributed by atoms with Crippen molar-refractivity contribution in [1.82, 2.24) is 9.88 Å². The van der Waals surface area contributed by atoms with Crippen molar-refractivity contribution in [2.75, 3.05) is 20.2 Å². The highest BCUT2D eigenvalue weighted by atomic mass is 16.5. The number of nitrogens with two attached hydrogens (primary N) is 1. The van der Waals surface area contributed by atoms with Gasteiger partial charge in [0, 0.05) is 42.5 Å². The van der Waals surface area contributed by atoms with Crippen LogP contribution in [0, 0.1) is 19.8 Å². The highest BCUT2D eigenvalue weighted by molar-refractivity contribution is 5.41. The molecule has 1 aliphatic heterocycles. The van der Waals surface area contributed by atoms with Gasteiger partial charge < -0.3 is 10.5 Å². The van der Waals surface area contributed by atoms with Crippen molar-refractivity contribution in [3.05, 3.63) is 23.0 Å². The van der Waals surface area contributed by atoms with Gasteiger partial charge in [-0.05, 0) is 19.8 Å². The molecule has 1 saturated heterocycles. The van der Waals surface area contributed by atoms with E-state index in [2.05, 4.69) is 30.7 Å². The summed E-state index contributed by atoms with van der Waals surface area (Å²) in [7, 11) is 1.71. The number of hydrogen-bond acceptors (Lipinski definition) is 4. The van der Waals surface area contributed by atoms with Gasteiger partial charge >= 0.3 is 0 Å². The van der Waals surface area contributed by atoms with Gasteiger partial charge in [-0.25, -0.2) is 0 Å². The minimum Gasteiger partial charge on any atom is -0.496 e. The number of methoxy groups -OCH3 is 1. The van der Waals surface area contributed by atoms with Gasteiger partial charge in [0.1, 0.15) is 5.75 Å². The number of pyridine rings is 1. The van der Waals surface area contributed by atoms with E-state index in [0.29, 0.717) is 5.92 Å². The van der Waals surface area contributed by atoms with E-state index in [1.165, 1.54) is 0 Å². The van der Waals surface area contributed by atoms with Crippen LogP contribution in [0.25, 0.3) is 0 Å². The van der Waals surface area contributed by atoms with Crippen LogP contribution in [0.3, 0.4) is 0 Å². The Morgan fingerprint density at radius 2 is 2.05 bits per heavy atom. The monoisotopic (exact) mass is 263 g/mol. The van der Waals surface area contributed by atoms with E-state index in [-0.39, 0.29) is 5.54 Å². The number of nitrogens with zero attached hydrogens (tertiary/aromatic N) is 2. The Kier molecular flexibility index (Phi) is 3.83. The Morgan fingerprint density at radius 1 is 1.42 bits per heavy atom. The summed E-state index contributed by atoms with van der Waals surface area (Å²) in [6, 6.07) is 0. The lowest BCUT2D eigenvalue weighted by molar-refractivity contribution is 0.0302. The topological polar surface area (TPSA) is 51.4 Å². The molecule has 0 amide bonds. The lowest BCUT2D eigenvalue weighted by atomic mass is 9.80. The molecule has 0 radical (unpaired) electrons. The molecule has 0 aromatic carbocycles. The fourth-order valence-electron chi connectivity index (χ4n) is 2.71. The minimum absolute atomic E-state index is 0.0251. The molecule has 19 heavy (non-hydrogen) atoms. The van der Waals surface area contributed by atoms with Crippen molar-refractivity contribution in [3.8, 4) is 5.75 Å². The zero-order valence-electron chi connectivity index (χ0n) is 12.7. The number of likely N-dealkylation sites (tertiary alicyclic amines) is 1. The fourth-order valence-corrected chi connectivity index (χ4v) is 2.71. The average molecular weight is 263 g/mol. The molecular weight excluding hydrogens is 238 g/mol. The van der Waals surface area contributed by atoms with Gasteiger partial charge in [0.15, 0.2) is 0 Å². The molecular formula is C15H25N3O. The van der Waals surface area contributed by atoms with Crippen molar-refractivity contribution >= 4 is 0 Å². The third-order valence-corrected chi connectivity index (χ3v) is 4.31. The summed E-state index contributed by atoms with van der Waals surface area (Å²) < 4.78 is 5.45. The van der Waals surface area contributed by atoms with Crippen molar-refractivity contribution in [1.29, 1.82) is 0 Å². The highest BCUT2D eigenvalue weighted by Gasteiger charge is 2.41. The summed E-state index contributed by atoms with van der Waals surface area (Å²) in [6.45, 7) is 11.2. The summed E-state index contributed by atoms with van der Waals surface area (Å²) in [4.78, 5) is 6.89. The van der Waals surface area contributed by atoms with Gasteiger partial charge in [-0.15, -0.1) is 0 Å². The van der Waals surface area contributed by atoms with E-state index in [1.807, 2.05) is 13.1 Å². The molecule has 1 aliphatic rings. The molecule has 2 N–H and O–H groups in total. The Labute approximate surface area is 116 Å². The van der Waals surface area contributed by atoms with E-state index < -0.39 is 0 Å².